The summed E-state index contributed by atoms with van der Waals surface area (Å²) in [6, 6.07) is 15.0. The fraction of sp³-hybridized carbons (Fsp3) is 0.476. The van der Waals surface area contributed by atoms with Gasteiger partial charge in [0.25, 0.3) is 0 Å². The topological polar surface area (TPSA) is 44.4 Å². The summed E-state index contributed by atoms with van der Waals surface area (Å²) in [5.74, 6) is 0. The Kier molecular flexibility index (Phi) is 6.33. The van der Waals surface area contributed by atoms with Crippen molar-refractivity contribution in [2.45, 2.75) is 37.1 Å². The number of rotatable bonds is 7. The highest BCUT2D eigenvalue weighted by molar-refractivity contribution is 7.10. The first kappa shape index (κ1) is 18.9. The minimum Gasteiger partial charge on any atom is -0.337 e. The maximum absolute atomic E-state index is 12.4. The molecular formula is C21H29N3OS. The van der Waals surface area contributed by atoms with E-state index in [4.69, 9.17) is 0 Å². The van der Waals surface area contributed by atoms with Crippen molar-refractivity contribution in [1.29, 1.82) is 0 Å². The zero-order valence-electron chi connectivity index (χ0n) is 15.7. The molecule has 140 valence electrons. The largest absolute Gasteiger partial charge is 0.337 e. The fourth-order valence-corrected chi connectivity index (χ4v) is 4.85. The van der Waals surface area contributed by atoms with Gasteiger partial charge in [-0.25, -0.2) is 4.79 Å². The molecule has 26 heavy (non-hydrogen) atoms. The third-order valence-electron chi connectivity index (χ3n) is 5.49. The number of thiophene rings is 1. The van der Waals surface area contributed by atoms with E-state index in [0.717, 1.165) is 12.8 Å². The second kappa shape index (κ2) is 8.69. The highest BCUT2D eigenvalue weighted by Crippen LogP contribution is 2.40. The molecule has 2 amide bonds. The van der Waals surface area contributed by atoms with Crippen LogP contribution in [0.2, 0.25) is 0 Å². The molecule has 0 aliphatic heterocycles. The lowest BCUT2D eigenvalue weighted by atomic mass is 9.79. The molecule has 1 fully saturated rings. The molecule has 0 radical (unpaired) electrons. The molecule has 5 heteroatoms. The smallest absolute Gasteiger partial charge is 0.314 e. The van der Waals surface area contributed by atoms with E-state index in [-0.39, 0.29) is 17.5 Å². The molecule has 2 aromatic rings. The number of amides is 2. The molecule has 1 aromatic carbocycles. The lowest BCUT2D eigenvalue weighted by Gasteiger charge is -2.30. The Bertz CT molecular complexity index is 679. The van der Waals surface area contributed by atoms with Crippen LogP contribution < -0.4 is 10.6 Å². The Morgan fingerprint density at radius 2 is 1.85 bits per heavy atom. The van der Waals surface area contributed by atoms with Crippen molar-refractivity contribution in [2.24, 2.45) is 0 Å². The SMILES string of the molecule is CN(C)C(CNC(=O)NCC1(c2ccccc2)CCCC1)c1cccs1. The molecule has 0 bridgehead atoms. The Morgan fingerprint density at radius 3 is 2.46 bits per heavy atom. The highest BCUT2D eigenvalue weighted by Gasteiger charge is 2.35. The van der Waals surface area contributed by atoms with Gasteiger partial charge in [-0.2, -0.15) is 0 Å². The van der Waals surface area contributed by atoms with Crippen LogP contribution in [0, 0.1) is 0 Å². The van der Waals surface area contributed by atoms with E-state index in [2.05, 4.69) is 63.4 Å². The second-order valence-electron chi connectivity index (χ2n) is 7.41. The van der Waals surface area contributed by atoms with Gasteiger partial charge in [-0.3, -0.25) is 0 Å². The first-order chi connectivity index (χ1) is 12.6. The van der Waals surface area contributed by atoms with Crippen molar-refractivity contribution in [3.8, 4) is 0 Å². The van der Waals surface area contributed by atoms with Crippen molar-refractivity contribution in [3.05, 3.63) is 58.3 Å². The van der Waals surface area contributed by atoms with Crippen LogP contribution in [-0.4, -0.2) is 38.1 Å². The summed E-state index contributed by atoms with van der Waals surface area (Å²) < 4.78 is 0. The molecule has 1 heterocycles. The summed E-state index contributed by atoms with van der Waals surface area (Å²) in [4.78, 5) is 15.9. The van der Waals surface area contributed by atoms with Crippen LogP contribution in [0.15, 0.2) is 47.8 Å². The Morgan fingerprint density at radius 1 is 1.12 bits per heavy atom. The van der Waals surface area contributed by atoms with Crippen LogP contribution in [-0.2, 0) is 5.41 Å². The predicted octanol–water partition coefficient (Wildman–Crippen LogP) is 4.16. The van der Waals surface area contributed by atoms with E-state index in [9.17, 15) is 4.79 Å². The summed E-state index contributed by atoms with van der Waals surface area (Å²) in [5, 5.41) is 8.28. The molecule has 1 aromatic heterocycles. The Labute approximate surface area is 160 Å². The Balaban J connectivity index is 1.56. The van der Waals surface area contributed by atoms with Crippen molar-refractivity contribution in [2.75, 3.05) is 27.2 Å². The molecule has 2 N–H and O–H groups in total. The van der Waals surface area contributed by atoms with E-state index in [1.54, 1.807) is 11.3 Å². The first-order valence-corrected chi connectivity index (χ1v) is 10.3. The van der Waals surface area contributed by atoms with Crippen LogP contribution in [0.1, 0.15) is 42.2 Å². The van der Waals surface area contributed by atoms with E-state index in [1.165, 1.54) is 23.3 Å². The van der Waals surface area contributed by atoms with Gasteiger partial charge in [0, 0.05) is 23.4 Å². The van der Waals surface area contributed by atoms with Crippen LogP contribution in [0.3, 0.4) is 0 Å². The monoisotopic (exact) mass is 371 g/mol. The van der Waals surface area contributed by atoms with Gasteiger partial charge in [0.2, 0.25) is 0 Å². The van der Waals surface area contributed by atoms with Crippen LogP contribution in [0.4, 0.5) is 4.79 Å². The molecule has 1 atom stereocenters. The van der Waals surface area contributed by atoms with Gasteiger partial charge in [-0.15, -0.1) is 11.3 Å². The zero-order chi connectivity index (χ0) is 18.4. The lowest BCUT2D eigenvalue weighted by Crippen LogP contribution is -2.45. The maximum Gasteiger partial charge on any atom is 0.314 e. The molecule has 3 rings (SSSR count). The molecule has 1 aliphatic carbocycles. The standard InChI is InChI=1S/C21H29N3OS/c1-24(2)18(19-11-8-14-26-19)15-22-20(25)23-16-21(12-6-7-13-21)17-9-4-3-5-10-17/h3-5,8-11,14,18H,6-7,12-13,15-16H2,1-2H3,(H2,22,23,25). The van der Waals surface area contributed by atoms with Crippen LogP contribution in [0.25, 0.3) is 0 Å². The summed E-state index contributed by atoms with van der Waals surface area (Å²) in [5.41, 5.74) is 1.44. The average Bonchev–Trinajstić information content (AvgIpc) is 3.33. The molecule has 1 saturated carbocycles. The number of benzene rings is 1. The van der Waals surface area contributed by atoms with Gasteiger partial charge in [0.1, 0.15) is 0 Å². The van der Waals surface area contributed by atoms with Crippen molar-refractivity contribution in [3.63, 3.8) is 0 Å². The van der Waals surface area contributed by atoms with E-state index in [1.807, 2.05) is 14.1 Å². The van der Waals surface area contributed by atoms with Crippen molar-refractivity contribution < 1.29 is 4.79 Å². The summed E-state index contributed by atoms with van der Waals surface area (Å²) in [6.45, 7) is 1.31. The maximum atomic E-state index is 12.4. The minimum atomic E-state index is -0.0735. The predicted molar refractivity (Wildman–Crippen MR) is 109 cm³/mol. The van der Waals surface area contributed by atoms with Crippen molar-refractivity contribution >= 4 is 17.4 Å². The van der Waals surface area contributed by atoms with E-state index >= 15 is 0 Å². The molecule has 0 saturated heterocycles. The van der Waals surface area contributed by atoms with Gasteiger partial charge in [-0.1, -0.05) is 49.2 Å². The Hall–Kier alpha value is -1.85. The van der Waals surface area contributed by atoms with E-state index in [0.29, 0.717) is 13.1 Å². The normalized spacial score (nSPS) is 17.2. The fourth-order valence-electron chi connectivity index (χ4n) is 3.93. The van der Waals surface area contributed by atoms with Gasteiger partial charge in [0.05, 0.1) is 6.04 Å². The quantitative estimate of drug-likeness (QED) is 0.767. The number of hydrogen-bond donors (Lipinski definition) is 2. The number of carbonyl (C=O) groups is 1. The number of hydrogen-bond acceptors (Lipinski definition) is 3. The highest BCUT2D eigenvalue weighted by atomic mass is 32.1. The van der Waals surface area contributed by atoms with Crippen LogP contribution in [0.5, 0.6) is 0 Å². The van der Waals surface area contributed by atoms with Gasteiger partial charge >= 0.3 is 6.03 Å². The number of carbonyl (C=O) groups excluding carboxylic acids is 1. The summed E-state index contributed by atoms with van der Waals surface area (Å²) >= 11 is 1.73. The molecule has 1 aliphatic rings. The van der Waals surface area contributed by atoms with E-state index < -0.39 is 0 Å². The third-order valence-corrected chi connectivity index (χ3v) is 6.46. The molecule has 1 unspecified atom stereocenters. The molecular weight excluding hydrogens is 342 g/mol. The van der Waals surface area contributed by atoms with Crippen molar-refractivity contribution in [1.82, 2.24) is 15.5 Å². The summed E-state index contributed by atoms with van der Waals surface area (Å²) in [6.07, 6.45) is 4.76. The average molecular weight is 372 g/mol. The number of nitrogens with zero attached hydrogens (tertiary/aromatic N) is 1. The third kappa shape index (κ3) is 4.46. The minimum absolute atomic E-state index is 0.0735. The zero-order valence-corrected chi connectivity index (χ0v) is 16.5. The van der Waals surface area contributed by atoms with Crippen LogP contribution >= 0.6 is 11.3 Å². The second-order valence-corrected chi connectivity index (χ2v) is 8.39. The number of urea groups is 1. The number of likely N-dealkylation sites (N-methyl/N-ethyl adjacent to an activating group) is 1. The lowest BCUT2D eigenvalue weighted by molar-refractivity contribution is 0.230. The van der Waals surface area contributed by atoms with Gasteiger partial charge in [0.15, 0.2) is 0 Å². The number of nitrogens with one attached hydrogen (secondary N) is 2. The first-order valence-electron chi connectivity index (χ1n) is 9.38. The summed E-state index contributed by atoms with van der Waals surface area (Å²) in [7, 11) is 4.10. The molecule has 0 spiro atoms. The molecule has 4 nitrogen and oxygen atoms in total. The van der Waals surface area contributed by atoms with Gasteiger partial charge < -0.3 is 15.5 Å². The van der Waals surface area contributed by atoms with Gasteiger partial charge in [-0.05, 0) is 43.9 Å².